The number of aliphatic hydroxyl groups is 1. The van der Waals surface area contributed by atoms with Crippen molar-refractivity contribution < 1.29 is 5.11 Å². The Morgan fingerprint density at radius 2 is 1.93 bits per heavy atom. The van der Waals surface area contributed by atoms with E-state index >= 15 is 0 Å². The van der Waals surface area contributed by atoms with Crippen molar-refractivity contribution in [1.29, 1.82) is 0 Å². The molecule has 2 N–H and O–H groups in total. The fourth-order valence-electron chi connectivity index (χ4n) is 1.25. The van der Waals surface area contributed by atoms with Crippen LogP contribution in [-0.4, -0.2) is 28.8 Å². The minimum Gasteiger partial charge on any atom is -0.389 e. The molecule has 0 saturated carbocycles. The first-order valence-electron chi connectivity index (χ1n) is 5.85. The molecule has 1 heterocycles. The van der Waals surface area contributed by atoms with Crippen LogP contribution in [0.1, 0.15) is 47.5 Å². The van der Waals surface area contributed by atoms with E-state index in [-0.39, 0.29) is 0 Å². The van der Waals surface area contributed by atoms with Crippen LogP contribution in [0.3, 0.4) is 0 Å². The van der Waals surface area contributed by atoms with Crippen molar-refractivity contribution >= 4 is 0 Å². The third-order valence-electron chi connectivity index (χ3n) is 1.86. The van der Waals surface area contributed by atoms with Gasteiger partial charge in [0.05, 0.1) is 12.1 Å². The van der Waals surface area contributed by atoms with Gasteiger partial charge in [-0.3, -0.25) is 0 Å². The van der Waals surface area contributed by atoms with Gasteiger partial charge in [0.2, 0.25) is 0 Å². The van der Waals surface area contributed by atoms with Crippen molar-refractivity contribution in [3.63, 3.8) is 0 Å². The highest BCUT2D eigenvalue weighted by Gasteiger charge is 2.19. The van der Waals surface area contributed by atoms with E-state index in [9.17, 15) is 5.11 Å². The van der Waals surface area contributed by atoms with Gasteiger partial charge in [0.1, 0.15) is 0 Å². The van der Waals surface area contributed by atoms with Crippen LogP contribution in [0.4, 0.5) is 0 Å². The highest BCUT2D eigenvalue weighted by Crippen LogP contribution is 2.11. The maximum Gasteiger partial charge on any atom is 0.0781 e. The van der Waals surface area contributed by atoms with E-state index in [0.717, 1.165) is 13.0 Å². The summed E-state index contributed by atoms with van der Waals surface area (Å²) in [6.45, 7) is 11.6. The summed E-state index contributed by atoms with van der Waals surface area (Å²) in [6, 6.07) is 0. The largest absolute Gasteiger partial charge is 0.389 e. The van der Waals surface area contributed by atoms with Gasteiger partial charge in [-0.1, -0.05) is 27.2 Å². The molecule has 90 valence electrons. The minimum absolute atomic E-state index is 0.632. The molecule has 0 spiro atoms. The smallest absolute Gasteiger partial charge is 0.0781 e. The van der Waals surface area contributed by atoms with E-state index in [1.807, 2.05) is 18.9 Å². The quantitative estimate of drug-likeness (QED) is 0.756. The molecule has 1 rings (SSSR count). The van der Waals surface area contributed by atoms with Gasteiger partial charge < -0.3 is 10.1 Å². The normalized spacial score (nSPS) is 15.9. The molecule has 0 fully saturated rings. The van der Waals surface area contributed by atoms with Crippen LogP contribution in [0.2, 0.25) is 0 Å². The average Bonchev–Trinajstić information content (AvgIpc) is 2.50. The summed E-state index contributed by atoms with van der Waals surface area (Å²) in [4.78, 5) is 0. The molecule has 0 aromatic heterocycles. The van der Waals surface area contributed by atoms with Crippen LogP contribution in [0.25, 0.3) is 0 Å². The molecular formula is C12H26N2O. The first kappa shape index (κ1) is 14.5. The van der Waals surface area contributed by atoms with Crippen LogP contribution in [0.5, 0.6) is 0 Å². The Kier molecular flexibility index (Phi) is 6.61. The Morgan fingerprint density at radius 3 is 2.27 bits per heavy atom. The second-order valence-electron chi connectivity index (χ2n) is 4.62. The number of hydrogen-bond donors (Lipinski definition) is 2. The Hall–Kier alpha value is -0.540. The van der Waals surface area contributed by atoms with E-state index in [2.05, 4.69) is 32.4 Å². The lowest BCUT2D eigenvalue weighted by Crippen LogP contribution is -2.40. The molecule has 0 aromatic carbocycles. The van der Waals surface area contributed by atoms with Gasteiger partial charge in [-0.15, -0.1) is 0 Å². The standard InChI is InChI=1S/C9H18N2O.C3H8/c1-4-8-5-10-11(6-8)7-9(2,3)12;1-3-2/h6,10,12H,4-5,7H2,1-3H3;3H2,1-2H3. The van der Waals surface area contributed by atoms with E-state index in [1.165, 1.54) is 12.0 Å². The molecule has 0 aliphatic carbocycles. The molecule has 0 unspecified atom stereocenters. The van der Waals surface area contributed by atoms with Crippen LogP contribution in [0, 0.1) is 0 Å². The van der Waals surface area contributed by atoms with Crippen LogP contribution in [-0.2, 0) is 0 Å². The van der Waals surface area contributed by atoms with Crippen LogP contribution >= 0.6 is 0 Å². The van der Waals surface area contributed by atoms with E-state index < -0.39 is 5.60 Å². The zero-order valence-corrected chi connectivity index (χ0v) is 10.8. The number of hydrogen-bond acceptors (Lipinski definition) is 3. The lowest BCUT2D eigenvalue weighted by Gasteiger charge is -2.24. The summed E-state index contributed by atoms with van der Waals surface area (Å²) in [7, 11) is 0. The van der Waals surface area contributed by atoms with Gasteiger partial charge >= 0.3 is 0 Å². The molecule has 1 aliphatic rings. The third-order valence-corrected chi connectivity index (χ3v) is 1.86. The van der Waals surface area contributed by atoms with Gasteiger partial charge in [0.25, 0.3) is 0 Å². The van der Waals surface area contributed by atoms with Crippen molar-refractivity contribution in [2.24, 2.45) is 0 Å². The predicted octanol–water partition coefficient (Wildman–Crippen LogP) is 2.29. The van der Waals surface area contributed by atoms with Crippen LogP contribution in [0.15, 0.2) is 11.8 Å². The average molecular weight is 214 g/mol. The summed E-state index contributed by atoms with van der Waals surface area (Å²) in [5.41, 5.74) is 3.95. The number of rotatable bonds is 3. The summed E-state index contributed by atoms with van der Waals surface area (Å²) >= 11 is 0. The van der Waals surface area contributed by atoms with Crippen molar-refractivity contribution in [3.8, 4) is 0 Å². The second kappa shape index (κ2) is 6.85. The Balaban J connectivity index is 0.000000583. The van der Waals surface area contributed by atoms with Gasteiger partial charge in [-0.25, -0.2) is 5.43 Å². The molecule has 1 aliphatic heterocycles. The Morgan fingerprint density at radius 1 is 1.40 bits per heavy atom. The first-order chi connectivity index (χ1) is 6.92. The Labute approximate surface area is 94.1 Å². The summed E-state index contributed by atoms with van der Waals surface area (Å²) in [5, 5.41) is 11.5. The van der Waals surface area contributed by atoms with Crippen molar-refractivity contribution in [1.82, 2.24) is 10.4 Å². The maximum atomic E-state index is 9.53. The predicted molar refractivity (Wildman–Crippen MR) is 65.3 cm³/mol. The topological polar surface area (TPSA) is 35.5 Å². The lowest BCUT2D eigenvalue weighted by molar-refractivity contribution is 0.0410. The number of β-amino-alcohol motifs (C(OH)–C–C–N with tert-alkyl or cyclic N) is 1. The molecule has 0 bridgehead atoms. The number of nitrogens with one attached hydrogen (secondary N) is 1. The van der Waals surface area contributed by atoms with E-state index in [4.69, 9.17) is 0 Å². The summed E-state index contributed by atoms with van der Waals surface area (Å²) < 4.78 is 0. The van der Waals surface area contributed by atoms with E-state index in [1.54, 1.807) is 0 Å². The second-order valence-corrected chi connectivity index (χ2v) is 4.62. The fourth-order valence-corrected chi connectivity index (χ4v) is 1.25. The lowest BCUT2D eigenvalue weighted by atomic mass is 10.1. The van der Waals surface area contributed by atoms with E-state index in [0.29, 0.717) is 6.54 Å². The molecule has 0 amide bonds. The number of hydrazine groups is 1. The molecule has 3 nitrogen and oxygen atoms in total. The van der Waals surface area contributed by atoms with Gasteiger partial charge in [-0.2, -0.15) is 0 Å². The molecule has 15 heavy (non-hydrogen) atoms. The van der Waals surface area contributed by atoms with Crippen molar-refractivity contribution in [2.75, 3.05) is 13.1 Å². The minimum atomic E-state index is -0.632. The highest BCUT2D eigenvalue weighted by atomic mass is 16.3. The third kappa shape index (κ3) is 7.40. The van der Waals surface area contributed by atoms with Crippen molar-refractivity contribution in [2.45, 2.75) is 53.1 Å². The Bertz CT molecular complexity index is 194. The van der Waals surface area contributed by atoms with Crippen LogP contribution < -0.4 is 5.43 Å². The fraction of sp³-hybridized carbons (Fsp3) is 0.833. The SMILES string of the molecule is CCC.CCC1=CN(CC(C)(C)O)NC1. The molecule has 0 radical (unpaired) electrons. The zero-order valence-electron chi connectivity index (χ0n) is 10.8. The summed E-state index contributed by atoms with van der Waals surface area (Å²) in [6.07, 6.45) is 4.41. The maximum absolute atomic E-state index is 9.53. The highest BCUT2D eigenvalue weighted by molar-refractivity contribution is 5.07. The van der Waals surface area contributed by atoms with Crippen molar-refractivity contribution in [3.05, 3.63) is 11.8 Å². The first-order valence-corrected chi connectivity index (χ1v) is 5.85. The summed E-state index contributed by atoms with van der Waals surface area (Å²) in [5.74, 6) is 0. The van der Waals surface area contributed by atoms with Gasteiger partial charge in [0, 0.05) is 12.7 Å². The number of nitrogens with zero attached hydrogens (tertiary/aromatic N) is 1. The molecule has 0 aromatic rings. The molecule has 0 saturated heterocycles. The molecule has 0 atom stereocenters. The van der Waals surface area contributed by atoms with Gasteiger partial charge in [-0.05, 0) is 25.8 Å². The zero-order chi connectivity index (χ0) is 11.9. The molecular weight excluding hydrogens is 188 g/mol. The molecule has 3 heteroatoms. The monoisotopic (exact) mass is 214 g/mol. The van der Waals surface area contributed by atoms with Gasteiger partial charge in [0.15, 0.2) is 0 Å².